The second-order valence-electron chi connectivity index (χ2n) is 6.53. The van der Waals surface area contributed by atoms with Crippen molar-refractivity contribution in [3.8, 4) is 0 Å². The molecule has 3 aliphatic rings. The van der Waals surface area contributed by atoms with E-state index in [9.17, 15) is 19.2 Å². The molecule has 2 aliphatic heterocycles. The van der Waals surface area contributed by atoms with Gasteiger partial charge < -0.3 is 4.84 Å². The lowest BCUT2D eigenvalue weighted by Crippen LogP contribution is -2.30. The number of unbranched alkanes of at least 4 members (excludes halogenated alkanes) is 2. The van der Waals surface area contributed by atoms with Crippen LogP contribution in [0.3, 0.4) is 0 Å². The van der Waals surface area contributed by atoms with Gasteiger partial charge in [-0.15, -0.1) is 5.06 Å². The number of hydrogen-bond donors (Lipinski definition) is 0. The van der Waals surface area contributed by atoms with Crippen LogP contribution in [0.4, 0.5) is 0 Å². The summed E-state index contributed by atoms with van der Waals surface area (Å²) in [5.41, 5.74) is 2.11. The summed E-state index contributed by atoms with van der Waals surface area (Å²) in [6.45, 7) is 0.362. The summed E-state index contributed by atoms with van der Waals surface area (Å²) in [6, 6.07) is 0. The lowest BCUT2D eigenvalue weighted by Gasteiger charge is -2.24. The zero-order valence-electron chi connectivity index (χ0n) is 14.2. The lowest BCUT2D eigenvalue weighted by molar-refractivity contribution is -0.187. The van der Waals surface area contributed by atoms with E-state index in [1.807, 2.05) is 0 Å². The van der Waals surface area contributed by atoms with E-state index in [0.717, 1.165) is 25.0 Å². The average Bonchev–Trinajstić information content (AvgIpc) is 3.03. The summed E-state index contributed by atoms with van der Waals surface area (Å²) >= 11 is 0. The van der Waals surface area contributed by atoms with Gasteiger partial charge in [0.1, 0.15) is 0 Å². The van der Waals surface area contributed by atoms with Crippen molar-refractivity contribution in [2.45, 2.75) is 57.8 Å². The molecule has 0 spiro atoms. The van der Waals surface area contributed by atoms with Crippen LogP contribution < -0.4 is 0 Å². The molecule has 0 unspecified atom stereocenters. The SMILES string of the molecule is O=C(CCCCCN1C(=O)C=CC1=O)ON1C(=O)CCC1=C1CCC1. The minimum atomic E-state index is -0.414. The molecule has 3 amide bonds. The number of carbonyl (C=O) groups excluding carboxylic acids is 4. The minimum absolute atomic E-state index is 0.152. The number of carbonyl (C=O) groups is 4. The Morgan fingerprint density at radius 3 is 2.32 bits per heavy atom. The van der Waals surface area contributed by atoms with Crippen molar-refractivity contribution in [2.75, 3.05) is 6.54 Å². The maximum absolute atomic E-state index is 12.0. The van der Waals surface area contributed by atoms with Gasteiger partial charge in [0.05, 0.1) is 5.70 Å². The molecule has 7 heteroatoms. The highest BCUT2D eigenvalue weighted by Crippen LogP contribution is 2.36. The fourth-order valence-corrected chi connectivity index (χ4v) is 3.16. The van der Waals surface area contributed by atoms with Gasteiger partial charge in [-0.2, -0.15) is 0 Å². The van der Waals surface area contributed by atoms with Crippen molar-refractivity contribution in [3.63, 3.8) is 0 Å². The number of imide groups is 1. The largest absolute Gasteiger partial charge is 0.334 e. The van der Waals surface area contributed by atoms with E-state index in [2.05, 4.69) is 0 Å². The van der Waals surface area contributed by atoms with Crippen LogP contribution in [0.5, 0.6) is 0 Å². The first kappa shape index (κ1) is 17.4. The fourth-order valence-electron chi connectivity index (χ4n) is 3.16. The van der Waals surface area contributed by atoms with E-state index in [1.54, 1.807) is 0 Å². The van der Waals surface area contributed by atoms with Crippen molar-refractivity contribution in [3.05, 3.63) is 23.4 Å². The fraction of sp³-hybridized carbons (Fsp3) is 0.556. The van der Waals surface area contributed by atoms with Gasteiger partial charge in [0.25, 0.3) is 17.7 Å². The number of allylic oxidation sites excluding steroid dienone is 2. The molecule has 0 N–H and O–H groups in total. The Hall–Kier alpha value is -2.44. The Balaban J connectivity index is 1.36. The maximum Gasteiger partial charge on any atom is 0.333 e. The van der Waals surface area contributed by atoms with Crippen molar-refractivity contribution in [2.24, 2.45) is 0 Å². The summed E-state index contributed by atoms with van der Waals surface area (Å²) in [4.78, 5) is 53.1. The zero-order chi connectivity index (χ0) is 17.8. The second-order valence-corrected chi connectivity index (χ2v) is 6.53. The monoisotopic (exact) mass is 346 g/mol. The molecular weight excluding hydrogens is 324 g/mol. The third kappa shape index (κ3) is 3.97. The number of rotatable bonds is 7. The Morgan fingerprint density at radius 2 is 1.68 bits per heavy atom. The van der Waals surface area contributed by atoms with Crippen molar-refractivity contribution in [1.29, 1.82) is 0 Å². The molecule has 1 saturated heterocycles. The Morgan fingerprint density at radius 1 is 0.960 bits per heavy atom. The quantitative estimate of drug-likeness (QED) is 0.520. The standard InChI is InChI=1S/C18H22N2O5/c21-15-10-11-16(22)19(15)12-3-1-2-7-18(24)25-20-14(8-9-17(20)23)13-5-4-6-13/h10-11H,1-9,12H2. The molecule has 2 fully saturated rings. The smallest absolute Gasteiger partial charge is 0.333 e. The maximum atomic E-state index is 12.0. The van der Waals surface area contributed by atoms with Crippen LogP contribution in [-0.2, 0) is 24.0 Å². The topological polar surface area (TPSA) is 84.0 Å². The van der Waals surface area contributed by atoms with E-state index in [1.165, 1.54) is 27.7 Å². The number of nitrogens with zero attached hydrogens (tertiary/aromatic N) is 2. The summed E-state index contributed by atoms with van der Waals surface area (Å²) in [5.74, 6) is -1.13. The predicted molar refractivity (Wildman–Crippen MR) is 87.4 cm³/mol. The molecule has 7 nitrogen and oxygen atoms in total. The highest BCUT2D eigenvalue weighted by Gasteiger charge is 2.33. The van der Waals surface area contributed by atoms with Crippen molar-refractivity contribution < 1.29 is 24.0 Å². The zero-order valence-corrected chi connectivity index (χ0v) is 14.2. The van der Waals surface area contributed by atoms with E-state index >= 15 is 0 Å². The molecule has 1 saturated carbocycles. The molecule has 1 aliphatic carbocycles. The molecule has 3 rings (SSSR count). The van der Waals surface area contributed by atoms with Crippen LogP contribution in [0, 0.1) is 0 Å². The van der Waals surface area contributed by atoms with Gasteiger partial charge in [0, 0.05) is 38.0 Å². The summed E-state index contributed by atoms with van der Waals surface area (Å²) in [6.07, 6.45) is 8.85. The molecule has 134 valence electrons. The molecule has 0 bridgehead atoms. The molecule has 0 radical (unpaired) electrons. The molecule has 2 heterocycles. The van der Waals surface area contributed by atoms with Crippen LogP contribution in [0.1, 0.15) is 57.8 Å². The van der Waals surface area contributed by atoms with Crippen LogP contribution in [-0.4, -0.2) is 40.2 Å². The van der Waals surface area contributed by atoms with Gasteiger partial charge in [-0.1, -0.05) is 6.42 Å². The predicted octanol–water partition coefficient (Wildman–Crippen LogP) is 1.99. The molecule has 0 atom stereocenters. The Kier molecular flexibility index (Phi) is 5.31. The van der Waals surface area contributed by atoms with E-state index in [0.29, 0.717) is 38.6 Å². The number of amides is 3. The molecule has 0 aromatic rings. The van der Waals surface area contributed by atoms with Gasteiger partial charge in [-0.05, 0) is 37.7 Å². The minimum Gasteiger partial charge on any atom is -0.334 e. The highest BCUT2D eigenvalue weighted by atomic mass is 16.7. The first-order valence-corrected chi connectivity index (χ1v) is 8.84. The van der Waals surface area contributed by atoms with Gasteiger partial charge >= 0.3 is 5.97 Å². The lowest BCUT2D eigenvalue weighted by atomic mass is 9.90. The summed E-state index contributed by atoms with van der Waals surface area (Å²) < 4.78 is 0. The third-order valence-electron chi connectivity index (χ3n) is 4.77. The molecule has 25 heavy (non-hydrogen) atoms. The first-order chi connectivity index (χ1) is 12.1. The van der Waals surface area contributed by atoms with Crippen LogP contribution in [0.2, 0.25) is 0 Å². The highest BCUT2D eigenvalue weighted by molar-refractivity contribution is 6.12. The van der Waals surface area contributed by atoms with E-state index in [4.69, 9.17) is 4.84 Å². The van der Waals surface area contributed by atoms with Gasteiger partial charge in [0.15, 0.2) is 0 Å². The van der Waals surface area contributed by atoms with Crippen LogP contribution >= 0.6 is 0 Å². The van der Waals surface area contributed by atoms with Gasteiger partial charge in [-0.3, -0.25) is 19.3 Å². The van der Waals surface area contributed by atoms with Crippen molar-refractivity contribution >= 4 is 23.7 Å². The third-order valence-corrected chi connectivity index (χ3v) is 4.77. The number of hydroxylamine groups is 2. The molecule has 0 aromatic heterocycles. The molecule has 0 aromatic carbocycles. The van der Waals surface area contributed by atoms with E-state index in [-0.39, 0.29) is 24.1 Å². The van der Waals surface area contributed by atoms with Gasteiger partial charge in [-0.25, -0.2) is 4.79 Å². The molecular formula is C18H22N2O5. The Labute approximate surface area is 146 Å². The second kappa shape index (κ2) is 7.63. The van der Waals surface area contributed by atoms with Gasteiger partial charge in [0.2, 0.25) is 0 Å². The normalized spacial score (nSPS) is 19.9. The average molecular weight is 346 g/mol. The first-order valence-electron chi connectivity index (χ1n) is 8.84. The summed E-state index contributed by atoms with van der Waals surface area (Å²) in [5, 5.41) is 1.20. The number of hydrogen-bond acceptors (Lipinski definition) is 5. The van der Waals surface area contributed by atoms with Crippen molar-refractivity contribution in [1.82, 2.24) is 9.96 Å². The Bertz CT molecular complexity index is 640. The van der Waals surface area contributed by atoms with Crippen LogP contribution in [0.25, 0.3) is 0 Å². The summed E-state index contributed by atoms with van der Waals surface area (Å²) in [7, 11) is 0. The van der Waals surface area contributed by atoms with E-state index < -0.39 is 5.97 Å². The van der Waals surface area contributed by atoms with Crippen LogP contribution in [0.15, 0.2) is 23.4 Å².